The highest BCUT2D eigenvalue weighted by Crippen LogP contribution is 2.40. The number of benzene rings is 3. The van der Waals surface area contributed by atoms with E-state index in [-0.39, 0.29) is 18.2 Å². The summed E-state index contributed by atoms with van der Waals surface area (Å²) >= 11 is 1.55. The van der Waals surface area contributed by atoms with Gasteiger partial charge in [0.1, 0.15) is 5.01 Å². The number of nitrogens with one attached hydrogen (secondary N) is 2. The number of H-pyrrole nitrogens is 1. The first-order valence-corrected chi connectivity index (χ1v) is 12.6. The van der Waals surface area contributed by atoms with E-state index in [1.54, 1.807) is 25.6 Å². The highest BCUT2D eigenvalue weighted by Gasteiger charge is 2.24. The Hall–Kier alpha value is -4.10. The number of ether oxygens (including phenoxy) is 2. The molecule has 0 bridgehead atoms. The molecule has 1 unspecified atom stereocenters. The van der Waals surface area contributed by atoms with E-state index in [2.05, 4.69) is 21.4 Å². The minimum Gasteiger partial charge on any atom is -0.493 e. The van der Waals surface area contributed by atoms with E-state index in [0.717, 1.165) is 38.3 Å². The Kier molecular flexibility index (Phi) is 7.00. The SMILES string of the molecule is COc1cccc(C(CNC(=O)Cc2csc(-c3ccccc3)n2)c2c[nH]c3ccccc23)c1OC. The molecule has 0 aliphatic carbocycles. The summed E-state index contributed by atoms with van der Waals surface area (Å²) in [5.41, 5.74) is 4.89. The fourth-order valence-corrected chi connectivity index (χ4v) is 5.33. The molecule has 182 valence electrons. The number of amides is 1. The second kappa shape index (κ2) is 10.7. The van der Waals surface area contributed by atoms with Crippen LogP contribution in [0, 0.1) is 0 Å². The van der Waals surface area contributed by atoms with Crippen molar-refractivity contribution in [2.45, 2.75) is 12.3 Å². The van der Waals surface area contributed by atoms with Crippen molar-refractivity contribution in [1.82, 2.24) is 15.3 Å². The summed E-state index contributed by atoms with van der Waals surface area (Å²) in [6.45, 7) is 0.403. The Balaban J connectivity index is 1.40. The molecule has 5 rings (SSSR count). The zero-order valence-electron chi connectivity index (χ0n) is 20.2. The maximum atomic E-state index is 13.0. The molecule has 5 aromatic rings. The molecule has 2 aromatic heterocycles. The number of methoxy groups -OCH3 is 2. The minimum absolute atomic E-state index is 0.0772. The van der Waals surface area contributed by atoms with Crippen LogP contribution in [-0.2, 0) is 11.2 Å². The van der Waals surface area contributed by atoms with Gasteiger partial charge in [0.05, 0.1) is 26.3 Å². The van der Waals surface area contributed by atoms with Gasteiger partial charge in [-0.25, -0.2) is 4.98 Å². The molecule has 6 nitrogen and oxygen atoms in total. The number of hydrogen-bond donors (Lipinski definition) is 2. The second-order valence-electron chi connectivity index (χ2n) is 8.42. The number of rotatable bonds is 9. The molecule has 0 radical (unpaired) electrons. The normalized spacial score (nSPS) is 11.8. The summed E-state index contributed by atoms with van der Waals surface area (Å²) < 4.78 is 11.3. The maximum Gasteiger partial charge on any atom is 0.226 e. The van der Waals surface area contributed by atoms with Crippen LogP contribution in [0.2, 0.25) is 0 Å². The number of thiazole rings is 1. The van der Waals surface area contributed by atoms with Crippen molar-refractivity contribution < 1.29 is 14.3 Å². The number of nitrogens with zero attached hydrogens (tertiary/aromatic N) is 1. The molecule has 1 atom stereocenters. The zero-order chi connectivity index (χ0) is 24.9. The van der Waals surface area contributed by atoms with Crippen molar-refractivity contribution in [3.8, 4) is 22.1 Å². The van der Waals surface area contributed by atoms with Crippen molar-refractivity contribution >= 4 is 28.1 Å². The molecule has 1 amide bonds. The van der Waals surface area contributed by atoms with Crippen molar-refractivity contribution in [3.05, 3.63) is 101 Å². The first-order chi connectivity index (χ1) is 17.7. The predicted octanol–water partition coefficient (Wildman–Crippen LogP) is 5.80. The van der Waals surface area contributed by atoms with Crippen LogP contribution < -0.4 is 14.8 Å². The number of fused-ring (bicyclic) bond motifs is 1. The summed E-state index contributed by atoms with van der Waals surface area (Å²) in [5, 5.41) is 7.10. The number of carbonyl (C=O) groups is 1. The molecule has 0 spiro atoms. The fourth-order valence-electron chi connectivity index (χ4n) is 4.50. The van der Waals surface area contributed by atoms with Gasteiger partial charge in [0, 0.05) is 46.1 Å². The Morgan fingerprint density at radius 1 is 0.972 bits per heavy atom. The molecule has 0 saturated carbocycles. The minimum atomic E-state index is -0.148. The van der Waals surface area contributed by atoms with Crippen LogP contribution in [0.4, 0.5) is 0 Å². The van der Waals surface area contributed by atoms with E-state index in [4.69, 9.17) is 9.47 Å². The zero-order valence-corrected chi connectivity index (χ0v) is 21.0. The van der Waals surface area contributed by atoms with E-state index >= 15 is 0 Å². The molecule has 3 aromatic carbocycles. The van der Waals surface area contributed by atoms with Gasteiger partial charge in [0.2, 0.25) is 5.91 Å². The third-order valence-corrected chi connectivity index (χ3v) is 7.16. The Morgan fingerprint density at radius 2 is 1.78 bits per heavy atom. The molecular weight excluding hydrogens is 470 g/mol. The van der Waals surface area contributed by atoms with E-state index in [9.17, 15) is 4.79 Å². The van der Waals surface area contributed by atoms with Crippen LogP contribution in [0.3, 0.4) is 0 Å². The molecule has 0 aliphatic rings. The summed E-state index contributed by atoms with van der Waals surface area (Å²) in [6.07, 6.45) is 2.23. The average Bonchev–Trinajstić information content (AvgIpc) is 3.57. The smallest absolute Gasteiger partial charge is 0.226 e. The highest BCUT2D eigenvalue weighted by molar-refractivity contribution is 7.13. The van der Waals surface area contributed by atoms with Gasteiger partial charge in [0.15, 0.2) is 11.5 Å². The van der Waals surface area contributed by atoms with Crippen LogP contribution >= 0.6 is 11.3 Å². The van der Waals surface area contributed by atoms with Crippen LogP contribution in [0.25, 0.3) is 21.5 Å². The van der Waals surface area contributed by atoms with Gasteiger partial charge >= 0.3 is 0 Å². The molecule has 0 fully saturated rings. The largest absolute Gasteiger partial charge is 0.493 e. The van der Waals surface area contributed by atoms with Crippen molar-refractivity contribution in [2.75, 3.05) is 20.8 Å². The van der Waals surface area contributed by atoms with Crippen molar-refractivity contribution in [2.24, 2.45) is 0 Å². The third kappa shape index (κ3) is 4.83. The van der Waals surface area contributed by atoms with E-state index < -0.39 is 0 Å². The standard InChI is InChI=1S/C29H27N3O3S/c1-34-26-14-8-12-22(28(26)35-2)24(23-16-30-25-13-7-6-11-21(23)25)17-31-27(33)15-20-18-36-29(32-20)19-9-4-3-5-10-19/h3-14,16,18,24,30H,15,17H2,1-2H3,(H,31,33). The summed E-state index contributed by atoms with van der Waals surface area (Å²) in [6, 6.07) is 24.0. The number of carbonyl (C=O) groups excluding carboxylic acids is 1. The van der Waals surface area contributed by atoms with Crippen LogP contribution in [0.15, 0.2) is 84.4 Å². The average molecular weight is 498 g/mol. The predicted molar refractivity (Wildman–Crippen MR) is 144 cm³/mol. The van der Waals surface area contributed by atoms with Gasteiger partial charge in [-0.3, -0.25) is 4.79 Å². The number of aromatic amines is 1. The first-order valence-electron chi connectivity index (χ1n) is 11.7. The molecule has 7 heteroatoms. The monoisotopic (exact) mass is 497 g/mol. The Bertz CT molecular complexity index is 1480. The quantitative estimate of drug-likeness (QED) is 0.270. The summed E-state index contributed by atoms with van der Waals surface area (Å²) in [4.78, 5) is 21.0. The Morgan fingerprint density at radius 3 is 2.58 bits per heavy atom. The molecule has 0 saturated heterocycles. The highest BCUT2D eigenvalue weighted by atomic mass is 32.1. The van der Waals surface area contributed by atoms with Gasteiger partial charge in [-0.05, 0) is 17.7 Å². The van der Waals surface area contributed by atoms with E-state index in [0.29, 0.717) is 18.0 Å². The van der Waals surface area contributed by atoms with Crippen LogP contribution in [0.1, 0.15) is 22.7 Å². The molecule has 36 heavy (non-hydrogen) atoms. The van der Waals surface area contributed by atoms with Gasteiger partial charge in [-0.2, -0.15) is 0 Å². The molecule has 0 aliphatic heterocycles. The lowest BCUT2D eigenvalue weighted by atomic mass is 9.89. The third-order valence-electron chi connectivity index (χ3n) is 6.22. The molecular formula is C29H27N3O3S. The topological polar surface area (TPSA) is 76.2 Å². The van der Waals surface area contributed by atoms with Crippen molar-refractivity contribution in [1.29, 1.82) is 0 Å². The van der Waals surface area contributed by atoms with Gasteiger partial charge in [-0.15, -0.1) is 11.3 Å². The number of hydrogen-bond acceptors (Lipinski definition) is 5. The van der Waals surface area contributed by atoms with E-state index in [1.165, 1.54) is 0 Å². The van der Waals surface area contributed by atoms with Crippen LogP contribution in [-0.4, -0.2) is 36.6 Å². The number of aromatic nitrogens is 2. The lowest BCUT2D eigenvalue weighted by Crippen LogP contribution is -2.30. The molecule has 2 heterocycles. The summed E-state index contributed by atoms with van der Waals surface area (Å²) in [7, 11) is 3.26. The Labute approximate surface area is 213 Å². The van der Waals surface area contributed by atoms with Gasteiger partial charge < -0.3 is 19.8 Å². The lowest BCUT2D eigenvalue weighted by Gasteiger charge is -2.22. The maximum absolute atomic E-state index is 13.0. The first kappa shape index (κ1) is 23.6. The molecule has 2 N–H and O–H groups in total. The van der Waals surface area contributed by atoms with Gasteiger partial charge in [-0.1, -0.05) is 60.7 Å². The van der Waals surface area contributed by atoms with Crippen LogP contribution in [0.5, 0.6) is 11.5 Å². The second-order valence-corrected chi connectivity index (χ2v) is 9.27. The van der Waals surface area contributed by atoms with Crippen molar-refractivity contribution in [3.63, 3.8) is 0 Å². The lowest BCUT2D eigenvalue weighted by molar-refractivity contribution is -0.120. The summed E-state index contributed by atoms with van der Waals surface area (Å²) in [5.74, 6) is 1.09. The fraction of sp³-hybridized carbons (Fsp3) is 0.172. The van der Waals surface area contributed by atoms with E-state index in [1.807, 2.05) is 78.3 Å². The van der Waals surface area contributed by atoms with Gasteiger partial charge in [0.25, 0.3) is 0 Å². The number of para-hydroxylation sites is 2.